The van der Waals surface area contributed by atoms with Crippen molar-refractivity contribution in [3.8, 4) is 0 Å². The van der Waals surface area contributed by atoms with Crippen LogP contribution in [0.3, 0.4) is 0 Å². The molecule has 0 bridgehead atoms. The van der Waals surface area contributed by atoms with E-state index in [1.807, 2.05) is 0 Å². The third-order valence-electron chi connectivity index (χ3n) is 13.4. The summed E-state index contributed by atoms with van der Waals surface area (Å²) in [6.45, 7) is 4.38. The van der Waals surface area contributed by atoms with Gasteiger partial charge in [0.15, 0.2) is 0 Å². The van der Waals surface area contributed by atoms with Gasteiger partial charge in [0.1, 0.15) is 0 Å². The van der Waals surface area contributed by atoms with Crippen molar-refractivity contribution in [1.82, 2.24) is 5.32 Å². The van der Waals surface area contributed by atoms with Gasteiger partial charge in [0.2, 0.25) is 5.91 Å². The first-order chi connectivity index (χ1) is 29.2. The highest BCUT2D eigenvalue weighted by Gasteiger charge is 2.20. The van der Waals surface area contributed by atoms with Crippen molar-refractivity contribution in [3.63, 3.8) is 0 Å². The lowest BCUT2D eigenvalue weighted by Gasteiger charge is -2.22. The maximum absolute atomic E-state index is 12.4. The number of hydrogen-bond acceptors (Lipinski definition) is 3. The summed E-state index contributed by atoms with van der Waals surface area (Å²) < 4.78 is 0. The summed E-state index contributed by atoms with van der Waals surface area (Å²) in [6, 6.07) is -0.529. The summed E-state index contributed by atoms with van der Waals surface area (Å²) in [4.78, 5) is 12.4. The second-order valence-corrected chi connectivity index (χ2v) is 19.4. The predicted molar refractivity (Wildman–Crippen MR) is 263 cm³/mol. The number of aliphatic hydroxyl groups is 2. The monoisotopic (exact) mass is 834 g/mol. The van der Waals surface area contributed by atoms with Crippen LogP contribution in [0.4, 0.5) is 0 Å². The van der Waals surface area contributed by atoms with E-state index in [0.717, 1.165) is 25.7 Å². The summed E-state index contributed by atoms with van der Waals surface area (Å²) in [5.41, 5.74) is 0. The van der Waals surface area contributed by atoms with Crippen molar-refractivity contribution in [2.45, 2.75) is 341 Å². The zero-order valence-electron chi connectivity index (χ0n) is 40.8. The van der Waals surface area contributed by atoms with Gasteiger partial charge in [-0.05, 0) is 12.8 Å². The number of unbranched alkanes of at least 4 members (excludes halogenated alkanes) is 45. The Hall–Kier alpha value is -0.610. The van der Waals surface area contributed by atoms with E-state index < -0.39 is 12.1 Å². The van der Waals surface area contributed by atoms with E-state index >= 15 is 0 Å². The third kappa shape index (κ3) is 48.3. The molecule has 0 aromatic carbocycles. The van der Waals surface area contributed by atoms with Crippen molar-refractivity contribution in [2.75, 3.05) is 6.61 Å². The first-order valence-electron chi connectivity index (χ1n) is 27.7. The highest BCUT2D eigenvalue weighted by Crippen LogP contribution is 2.18. The smallest absolute Gasteiger partial charge is 0.220 e. The quantitative estimate of drug-likeness (QED) is 0.0535. The lowest BCUT2D eigenvalue weighted by Crippen LogP contribution is -2.45. The van der Waals surface area contributed by atoms with Gasteiger partial charge in [-0.25, -0.2) is 0 Å². The summed E-state index contributed by atoms with van der Waals surface area (Å²) >= 11 is 0. The van der Waals surface area contributed by atoms with Crippen LogP contribution in [0, 0.1) is 0 Å². The fourth-order valence-corrected chi connectivity index (χ4v) is 9.13. The van der Waals surface area contributed by atoms with Crippen molar-refractivity contribution >= 4 is 5.91 Å². The van der Waals surface area contributed by atoms with E-state index in [-0.39, 0.29) is 12.5 Å². The van der Waals surface area contributed by atoms with Crippen LogP contribution in [0.5, 0.6) is 0 Å². The largest absolute Gasteiger partial charge is 0.394 e. The molecule has 4 heteroatoms. The fraction of sp³-hybridized carbons (Fsp3) is 0.982. The van der Waals surface area contributed by atoms with Crippen LogP contribution < -0.4 is 5.32 Å². The lowest BCUT2D eigenvalue weighted by atomic mass is 10.0. The van der Waals surface area contributed by atoms with E-state index in [4.69, 9.17) is 0 Å². The zero-order chi connectivity index (χ0) is 42.8. The number of hydrogen-bond donors (Lipinski definition) is 3. The van der Waals surface area contributed by atoms with E-state index in [2.05, 4.69) is 19.2 Å². The molecule has 0 heterocycles. The summed E-state index contributed by atoms with van der Waals surface area (Å²) in [5.74, 6) is -0.0248. The minimum atomic E-state index is -0.652. The van der Waals surface area contributed by atoms with Gasteiger partial charge >= 0.3 is 0 Å². The molecular formula is C55H111NO3. The topological polar surface area (TPSA) is 69.6 Å². The van der Waals surface area contributed by atoms with Gasteiger partial charge in [-0.2, -0.15) is 0 Å². The van der Waals surface area contributed by atoms with Crippen LogP contribution in [0.2, 0.25) is 0 Å². The van der Waals surface area contributed by atoms with E-state index in [1.165, 1.54) is 276 Å². The third-order valence-corrected chi connectivity index (χ3v) is 13.4. The molecule has 0 aliphatic heterocycles. The molecule has 0 fully saturated rings. The predicted octanol–water partition coefficient (Wildman–Crippen LogP) is 18.0. The van der Waals surface area contributed by atoms with Gasteiger partial charge in [-0.1, -0.05) is 309 Å². The summed E-state index contributed by atoms with van der Waals surface area (Å²) in [7, 11) is 0. The van der Waals surface area contributed by atoms with Crippen molar-refractivity contribution in [2.24, 2.45) is 0 Å². The van der Waals surface area contributed by atoms with Crippen LogP contribution >= 0.6 is 0 Å². The second-order valence-electron chi connectivity index (χ2n) is 19.4. The van der Waals surface area contributed by atoms with Crippen LogP contribution in [-0.4, -0.2) is 34.9 Å². The highest BCUT2D eigenvalue weighted by atomic mass is 16.3. The standard InChI is InChI=1S/C55H111NO3/c1-3-5-7-9-11-13-15-16-17-18-19-20-21-22-23-24-25-26-27-28-29-30-31-32-33-34-35-36-37-38-39-41-43-45-47-49-51-55(59)56-53(52-57)54(58)50-48-46-44-42-40-14-12-10-8-6-4-2/h53-54,57-58H,3-52H2,1-2H3,(H,56,59). The molecule has 59 heavy (non-hydrogen) atoms. The first-order valence-corrected chi connectivity index (χ1v) is 27.7. The molecular weight excluding hydrogens is 723 g/mol. The molecule has 4 nitrogen and oxygen atoms in total. The van der Waals surface area contributed by atoms with Gasteiger partial charge in [0, 0.05) is 6.42 Å². The average molecular weight is 834 g/mol. The Morgan fingerprint density at radius 2 is 0.542 bits per heavy atom. The maximum atomic E-state index is 12.4. The van der Waals surface area contributed by atoms with Crippen LogP contribution in [0.25, 0.3) is 0 Å². The van der Waals surface area contributed by atoms with Gasteiger partial charge in [0.25, 0.3) is 0 Å². The molecule has 2 unspecified atom stereocenters. The SMILES string of the molecule is CCCCCCCCCCCCCCCCCCCCCCCCCCCCCCCCCCCCCCC(=O)NC(CO)C(O)CCCCCCCCCCCCC. The van der Waals surface area contributed by atoms with Crippen molar-refractivity contribution in [1.29, 1.82) is 0 Å². The molecule has 0 radical (unpaired) electrons. The summed E-state index contributed by atoms with van der Waals surface area (Å²) in [5, 5.41) is 23.2. The van der Waals surface area contributed by atoms with Gasteiger partial charge in [0.05, 0.1) is 18.8 Å². The number of nitrogens with one attached hydrogen (secondary N) is 1. The minimum absolute atomic E-state index is 0.0248. The molecule has 1 amide bonds. The molecule has 0 aromatic rings. The Morgan fingerprint density at radius 3 is 0.763 bits per heavy atom. The fourth-order valence-electron chi connectivity index (χ4n) is 9.13. The van der Waals surface area contributed by atoms with Gasteiger partial charge in [-0.15, -0.1) is 0 Å². The molecule has 0 saturated carbocycles. The number of rotatable bonds is 52. The Morgan fingerprint density at radius 1 is 0.339 bits per heavy atom. The Balaban J connectivity index is 3.31. The lowest BCUT2D eigenvalue weighted by molar-refractivity contribution is -0.123. The molecule has 0 rings (SSSR count). The van der Waals surface area contributed by atoms with Crippen molar-refractivity contribution < 1.29 is 15.0 Å². The molecule has 2 atom stereocenters. The van der Waals surface area contributed by atoms with E-state index in [9.17, 15) is 15.0 Å². The molecule has 0 saturated heterocycles. The van der Waals surface area contributed by atoms with E-state index in [0.29, 0.717) is 12.8 Å². The molecule has 3 N–H and O–H groups in total. The van der Waals surface area contributed by atoms with Gasteiger partial charge < -0.3 is 15.5 Å². The number of carbonyl (C=O) groups excluding carboxylic acids is 1. The van der Waals surface area contributed by atoms with Crippen LogP contribution in [0.1, 0.15) is 328 Å². The maximum Gasteiger partial charge on any atom is 0.220 e. The Kier molecular flexibility index (Phi) is 51.2. The van der Waals surface area contributed by atoms with Gasteiger partial charge in [-0.3, -0.25) is 4.79 Å². The highest BCUT2D eigenvalue weighted by molar-refractivity contribution is 5.76. The second kappa shape index (κ2) is 51.7. The van der Waals surface area contributed by atoms with Crippen LogP contribution in [-0.2, 0) is 4.79 Å². The molecule has 0 spiro atoms. The summed E-state index contributed by atoms with van der Waals surface area (Å²) in [6.07, 6.45) is 65.4. The molecule has 0 aromatic heterocycles. The normalized spacial score (nSPS) is 12.7. The average Bonchev–Trinajstić information content (AvgIpc) is 3.24. The molecule has 0 aliphatic carbocycles. The zero-order valence-corrected chi connectivity index (χ0v) is 40.8. The molecule has 354 valence electrons. The molecule has 0 aliphatic rings. The van der Waals surface area contributed by atoms with Crippen molar-refractivity contribution in [3.05, 3.63) is 0 Å². The minimum Gasteiger partial charge on any atom is -0.394 e. The number of amides is 1. The number of aliphatic hydroxyl groups excluding tert-OH is 2. The van der Waals surface area contributed by atoms with E-state index in [1.54, 1.807) is 0 Å². The Labute approximate surface area is 372 Å². The van der Waals surface area contributed by atoms with Crippen LogP contribution in [0.15, 0.2) is 0 Å². The number of carbonyl (C=O) groups is 1. The first kappa shape index (κ1) is 58.4. The Bertz CT molecular complexity index is 773.